The number of hydrogen-bond donors (Lipinski definition) is 3. The molecule has 240 valence electrons. The Labute approximate surface area is 276 Å². The minimum atomic E-state index is -0.0238. The van der Waals surface area contributed by atoms with Gasteiger partial charge in [-0.1, -0.05) is 67.9 Å². The monoisotopic (exact) mass is 626 g/mol. The minimum absolute atomic E-state index is 0.0238. The molecule has 3 N–H and O–H groups in total. The summed E-state index contributed by atoms with van der Waals surface area (Å²) in [5, 5.41) is 3.12. The molecule has 8 heteroatoms. The quantitative estimate of drug-likeness (QED) is 0.147. The number of benzene rings is 2. The van der Waals surface area contributed by atoms with Crippen LogP contribution in [-0.2, 0) is 16.1 Å². The number of imidazole rings is 1. The lowest BCUT2D eigenvalue weighted by Crippen LogP contribution is -2.31. The van der Waals surface area contributed by atoms with E-state index >= 15 is 0 Å². The fraction of sp³-hybridized carbons (Fsp3) is 0.333. The van der Waals surface area contributed by atoms with Gasteiger partial charge in [-0.25, -0.2) is 4.98 Å². The van der Waals surface area contributed by atoms with Gasteiger partial charge >= 0.3 is 0 Å². The number of nitrogens with zero attached hydrogens (tertiary/aromatic N) is 3. The molecular weight excluding hydrogens is 584 g/mol. The predicted molar refractivity (Wildman–Crippen MR) is 184 cm³/mol. The molecule has 0 radical (unpaired) electrons. The van der Waals surface area contributed by atoms with Crippen molar-refractivity contribution >= 4 is 11.8 Å². The normalized spacial score (nSPS) is 19.3. The first-order chi connectivity index (χ1) is 23.1. The van der Waals surface area contributed by atoms with Gasteiger partial charge in [0.15, 0.2) is 0 Å². The highest BCUT2D eigenvalue weighted by molar-refractivity contribution is 5.80. The van der Waals surface area contributed by atoms with Crippen molar-refractivity contribution in [3.8, 4) is 33.6 Å². The number of pyridine rings is 1. The molecule has 3 atom stereocenters. The summed E-state index contributed by atoms with van der Waals surface area (Å²) in [7, 11) is 0. The second-order valence-corrected chi connectivity index (χ2v) is 12.9. The van der Waals surface area contributed by atoms with Crippen molar-refractivity contribution in [1.82, 2.24) is 30.2 Å². The van der Waals surface area contributed by atoms with Gasteiger partial charge in [-0.15, -0.1) is 0 Å². The summed E-state index contributed by atoms with van der Waals surface area (Å²) in [5.74, 6) is 1.39. The molecule has 0 bridgehead atoms. The summed E-state index contributed by atoms with van der Waals surface area (Å²) in [6, 6.07) is 25.3. The maximum Gasteiger partial charge on any atom is 0.224 e. The van der Waals surface area contributed by atoms with Crippen LogP contribution >= 0.6 is 0 Å². The molecule has 8 nitrogen and oxygen atoms in total. The molecule has 47 heavy (non-hydrogen) atoms. The van der Waals surface area contributed by atoms with Gasteiger partial charge in [0.25, 0.3) is 0 Å². The smallest absolute Gasteiger partial charge is 0.224 e. The predicted octanol–water partition coefficient (Wildman–Crippen LogP) is 7.80. The fourth-order valence-corrected chi connectivity index (χ4v) is 7.31. The lowest BCUT2D eigenvalue weighted by Gasteiger charge is -2.23. The Morgan fingerprint density at radius 1 is 0.830 bits per heavy atom. The Morgan fingerprint density at radius 2 is 1.57 bits per heavy atom. The highest BCUT2D eigenvalue weighted by atomic mass is 16.2. The van der Waals surface area contributed by atoms with E-state index in [4.69, 9.17) is 0 Å². The van der Waals surface area contributed by atoms with Gasteiger partial charge in [-0.2, -0.15) is 0 Å². The van der Waals surface area contributed by atoms with Gasteiger partial charge in [0, 0.05) is 55.1 Å². The van der Waals surface area contributed by atoms with Gasteiger partial charge in [0.2, 0.25) is 11.8 Å². The third-order valence-corrected chi connectivity index (χ3v) is 9.82. The van der Waals surface area contributed by atoms with Crippen LogP contribution in [-0.4, -0.2) is 43.2 Å². The second kappa shape index (κ2) is 13.8. The summed E-state index contributed by atoms with van der Waals surface area (Å²) in [4.78, 5) is 43.6. The van der Waals surface area contributed by atoms with Crippen LogP contribution < -0.4 is 5.32 Å². The largest absolute Gasteiger partial charge is 0.358 e. The van der Waals surface area contributed by atoms with Gasteiger partial charge in [0.05, 0.1) is 17.9 Å². The number of carbonyl (C=O) groups is 2. The van der Waals surface area contributed by atoms with Gasteiger partial charge < -0.3 is 20.2 Å². The van der Waals surface area contributed by atoms with Crippen LogP contribution in [0.2, 0.25) is 0 Å². The molecule has 1 aliphatic heterocycles. The van der Waals surface area contributed by atoms with Crippen molar-refractivity contribution in [1.29, 1.82) is 0 Å². The zero-order valence-corrected chi connectivity index (χ0v) is 26.9. The van der Waals surface area contributed by atoms with Crippen LogP contribution in [0.15, 0.2) is 91.4 Å². The molecule has 1 aliphatic carbocycles. The van der Waals surface area contributed by atoms with Crippen molar-refractivity contribution in [2.24, 2.45) is 5.92 Å². The van der Waals surface area contributed by atoms with Crippen LogP contribution in [0.25, 0.3) is 33.6 Å². The first-order valence-electron chi connectivity index (χ1n) is 17.0. The number of aromatic amines is 2. The summed E-state index contributed by atoms with van der Waals surface area (Å²) in [5.41, 5.74) is 8.66. The van der Waals surface area contributed by atoms with Crippen LogP contribution in [0.5, 0.6) is 0 Å². The maximum absolute atomic E-state index is 13.1. The third kappa shape index (κ3) is 6.64. The lowest BCUT2D eigenvalue weighted by atomic mass is 9.92. The standard InChI is InChI=1S/C39H42N6O2/c1-2-6-37(46)45-22-5-10-36(45)38-41-25-35(44-38)30-17-13-28(14-18-30)27-11-15-29(16-12-27)33-19-20-34(43-33)31-8-3-9-32(31)39(47)42-24-26-7-4-21-40-23-26/h4,7,11-21,23,25,31-32,36,43H,2-3,5-6,8-10,22,24H2,1H3,(H,41,44)(H,42,47)/t31?,32?,36-/m0/s1. The topological polar surface area (TPSA) is 107 Å². The molecular formula is C39H42N6O2. The molecule has 3 aromatic heterocycles. The maximum atomic E-state index is 13.1. The van der Waals surface area contributed by atoms with E-state index in [0.29, 0.717) is 13.0 Å². The van der Waals surface area contributed by atoms with Crippen molar-refractivity contribution < 1.29 is 9.59 Å². The van der Waals surface area contributed by atoms with Gasteiger partial charge in [0.1, 0.15) is 5.82 Å². The molecule has 2 fully saturated rings. The number of rotatable bonds is 10. The van der Waals surface area contributed by atoms with Crippen LogP contribution in [0.1, 0.15) is 80.9 Å². The van der Waals surface area contributed by atoms with E-state index in [0.717, 1.165) is 95.8 Å². The van der Waals surface area contributed by atoms with E-state index in [1.54, 1.807) is 12.4 Å². The fourth-order valence-electron chi connectivity index (χ4n) is 7.31. The van der Waals surface area contributed by atoms with Crippen LogP contribution in [0.3, 0.4) is 0 Å². The van der Waals surface area contributed by atoms with Crippen molar-refractivity contribution in [3.63, 3.8) is 0 Å². The van der Waals surface area contributed by atoms with Crippen LogP contribution in [0, 0.1) is 5.92 Å². The molecule has 0 spiro atoms. The number of H-pyrrole nitrogens is 2. The summed E-state index contributed by atoms with van der Waals surface area (Å²) >= 11 is 0. The van der Waals surface area contributed by atoms with E-state index in [1.165, 1.54) is 0 Å². The van der Waals surface area contributed by atoms with Gasteiger partial charge in [-0.3, -0.25) is 14.6 Å². The highest BCUT2D eigenvalue weighted by Gasteiger charge is 2.35. The Bertz CT molecular complexity index is 1810. The molecule has 2 aromatic carbocycles. The van der Waals surface area contributed by atoms with Crippen molar-refractivity contribution in [2.75, 3.05) is 6.54 Å². The van der Waals surface area contributed by atoms with Crippen LogP contribution in [0.4, 0.5) is 0 Å². The average molecular weight is 627 g/mol. The number of likely N-dealkylation sites (tertiary alicyclic amines) is 1. The zero-order valence-electron chi connectivity index (χ0n) is 26.9. The van der Waals surface area contributed by atoms with Crippen molar-refractivity contribution in [2.45, 2.75) is 70.4 Å². The number of nitrogens with one attached hydrogen (secondary N) is 3. The molecule has 4 heterocycles. The molecule has 2 unspecified atom stereocenters. The summed E-state index contributed by atoms with van der Waals surface area (Å²) in [6.07, 6.45) is 11.8. The Kier molecular flexibility index (Phi) is 9.00. The molecule has 5 aromatic rings. The first-order valence-corrected chi connectivity index (χ1v) is 17.0. The SMILES string of the molecule is CCCC(=O)N1CCC[C@H]1c1ncc(-c2ccc(-c3ccc(-c4ccc(C5CCCC5C(=O)NCc5cccnc5)[nH]4)cc3)cc2)[nH]1. The number of hydrogen-bond acceptors (Lipinski definition) is 4. The molecule has 7 rings (SSSR count). The number of aromatic nitrogens is 4. The highest BCUT2D eigenvalue weighted by Crippen LogP contribution is 2.40. The minimum Gasteiger partial charge on any atom is -0.358 e. The van der Waals surface area contributed by atoms with E-state index in [1.807, 2.05) is 30.2 Å². The van der Waals surface area contributed by atoms with E-state index in [-0.39, 0.29) is 29.7 Å². The Balaban J connectivity index is 0.988. The zero-order chi connectivity index (χ0) is 32.2. The summed E-state index contributed by atoms with van der Waals surface area (Å²) < 4.78 is 0. The molecule has 1 saturated carbocycles. The van der Waals surface area contributed by atoms with E-state index in [2.05, 4.69) is 85.9 Å². The van der Waals surface area contributed by atoms with E-state index < -0.39 is 0 Å². The average Bonchev–Trinajstić information content (AvgIpc) is 3.94. The number of amides is 2. The van der Waals surface area contributed by atoms with Gasteiger partial charge in [-0.05, 0) is 78.1 Å². The Hall–Kier alpha value is -4.98. The van der Waals surface area contributed by atoms with E-state index in [9.17, 15) is 9.59 Å². The first kappa shape index (κ1) is 30.7. The van der Waals surface area contributed by atoms with Crippen molar-refractivity contribution in [3.05, 3.63) is 108 Å². The lowest BCUT2D eigenvalue weighted by molar-refractivity contribution is -0.132. The third-order valence-electron chi connectivity index (χ3n) is 9.82. The molecule has 2 aliphatic rings. The Morgan fingerprint density at radius 3 is 2.30 bits per heavy atom. The molecule has 2 amide bonds. The molecule has 1 saturated heterocycles. The summed E-state index contributed by atoms with van der Waals surface area (Å²) in [6.45, 7) is 3.37. The second-order valence-electron chi connectivity index (χ2n) is 12.9. The number of carbonyl (C=O) groups excluding carboxylic acids is 2.